The van der Waals surface area contributed by atoms with Crippen LogP contribution in [0.4, 0.5) is 26.3 Å². The lowest BCUT2D eigenvalue weighted by atomic mass is 9.77. The quantitative estimate of drug-likeness (QED) is 0.0175. The lowest BCUT2D eigenvalue weighted by Crippen LogP contribution is -2.36. The standard InChI is InChI=1S/C57H54F6O8/c58-56(59,60)31-7-33-68-49-21-17-45(18-22-49)37-53(64)70-51-25-13-43(14-26-51)29-35-66-41-55(39-47-9-3-1-4-10-47,40-48-11-5-2-6-12-48)42-67-36-30-44-15-27-52(28-16-44)71-54(65)38-46-19-23-50(24-20-46)69-34-8-32-57(61,62)63/h1-6,9-30,35-36H,7-8,31-34,37-42H2. The summed E-state index contributed by atoms with van der Waals surface area (Å²) in [6.07, 6.45) is -2.36. The number of hydrogen-bond acceptors (Lipinski definition) is 8. The second-order valence-corrected chi connectivity index (χ2v) is 16.9. The maximum atomic E-state index is 12.7. The summed E-state index contributed by atoms with van der Waals surface area (Å²) in [5.41, 5.74) is 4.68. The Bertz CT molecular complexity index is 2400. The van der Waals surface area contributed by atoms with Gasteiger partial charge < -0.3 is 28.4 Å². The lowest BCUT2D eigenvalue weighted by Gasteiger charge is -2.33. The molecule has 8 nitrogen and oxygen atoms in total. The van der Waals surface area contributed by atoms with E-state index < -0.39 is 42.5 Å². The van der Waals surface area contributed by atoms with Crippen molar-refractivity contribution in [3.8, 4) is 23.0 Å². The molecule has 14 heteroatoms. The van der Waals surface area contributed by atoms with Crippen LogP contribution in [0.15, 0.2) is 170 Å². The molecule has 0 bridgehead atoms. The first-order chi connectivity index (χ1) is 34.2. The van der Waals surface area contributed by atoms with E-state index in [2.05, 4.69) is 24.3 Å². The highest BCUT2D eigenvalue weighted by molar-refractivity contribution is 5.76. The Balaban J connectivity index is 1.01. The van der Waals surface area contributed by atoms with Crippen LogP contribution < -0.4 is 18.9 Å². The van der Waals surface area contributed by atoms with Crippen molar-refractivity contribution < 1.29 is 64.4 Å². The van der Waals surface area contributed by atoms with Gasteiger partial charge in [-0.05, 0) is 120 Å². The number of hydrogen-bond donors (Lipinski definition) is 0. The molecule has 0 aliphatic rings. The van der Waals surface area contributed by atoms with Gasteiger partial charge in [-0.2, -0.15) is 26.3 Å². The average Bonchev–Trinajstić information content (AvgIpc) is 3.34. The van der Waals surface area contributed by atoms with Gasteiger partial charge >= 0.3 is 24.3 Å². The summed E-state index contributed by atoms with van der Waals surface area (Å²) >= 11 is 0. The molecule has 0 heterocycles. The summed E-state index contributed by atoms with van der Waals surface area (Å²) < 4.78 is 109. The summed E-state index contributed by atoms with van der Waals surface area (Å²) in [6.45, 7) is 0.495. The number of rotatable bonds is 26. The monoisotopic (exact) mass is 980 g/mol. The van der Waals surface area contributed by atoms with Gasteiger partial charge in [-0.1, -0.05) is 109 Å². The normalized spacial score (nSPS) is 11.9. The lowest BCUT2D eigenvalue weighted by molar-refractivity contribution is -0.137. The molecular formula is C57H54F6O8. The number of halogens is 6. The molecule has 0 saturated carbocycles. The van der Waals surface area contributed by atoms with E-state index in [1.54, 1.807) is 110 Å². The van der Waals surface area contributed by atoms with Crippen LogP contribution in [0.5, 0.6) is 23.0 Å². The van der Waals surface area contributed by atoms with E-state index in [-0.39, 0.29) is 38.9 Å². The van der Waals surface area contributed by atoms with Crippen LogP contribution in [0.1, 0.15) is 59.1 Å². The Hall–Kier alpha value is -7.48. The van der Waals surface area contributed by atoms with Crippen LogP contribution in [-0.4, -0.2) is 50.7 Å². The van der Waals surface area contributed by atoms with Crippen molar-refractivity contribution in [3.05, 3.63) is 204 Å². The van der Waals surface area contributed by atoms with Gasteiger partial charge in [0.15, 0.2) is 0 Å². The van der Waals surface area contributed by atoms with E-state index in [9.17, 15) is 35.9 Å². The van der Waals surface area contributed by atoms with Crippen LogP contribution in [0.3, 0.4) is 0 Å². The third-order valence-corrected chi connectivity index (χ3v) is 10.9. The molecular weight excluding hydrogens is 927 g/mol. The fraction of sp³-hybridized carbons (Fsp3) is 0.263. The maximum Gasteiger partial charge on any atom is 0.389 e. The molecule has 0 fully saturated rings. The van der Waals surface area contributed by atoms with Crippen molar-refractivity contribution in [3.63, 3.8) is 0 Å². The van der Waals surface area contributed by atoms with Crippen LogP contribution in [0, 0.1) is 5.41 Å². The van der Waals surface area contributed by atoms with Gasteiger partial charge in [-0.3, -0.25) is 9.59 Å². The molecule has 0 aromatic heterocycles. The second kappa shape index (κ2) is 26.5. The molecule has 0 radical (unpaired) electrons. The van der Waals surface area contributed by atoms with E-state index in [1.807, 2.05) is 48.6 Å². The molecule has 6 rings (SSSR count). The Morgan fingerprint density at radius 1 is 0.423 bits per heavy atom. The van der Waals surface area contributed by atoms with Gasteiger partial charge in [0.05, 0.1) is 51.8 Å². The van der Waals surface area contributed by atoms with Gasteiger partial charge in [0, 0.05) is 18.3 Å². The fourth-order valence-electron chi connectivity index (χ4n) is 7.36. The number of carbonyl (C=O) groups excluding carboxylic acids is 2. The first-order valence-corrected chi connectivity index (χ1v) is 23.0. The molecule has 71 heavy (non-hydrogen) atoms. The van der Waals surface area contributed by atoms with Crippen molar-refractivity contribution in [2.24, 2.45) is 5.41 Å². The Morgan fingerprint density at radius 3 is 1.13 bits per heavy atom. The summed E-state index contributed by atoms with van der Waals surface area (Å²) in [6, 6.07) is 47.3. The minimum absolute atomic E-state index is 0.00718. The Labute approximate surface area is 409 Å². The topological polar surface area (TPSA) is 89.5 Å². The van der Waals surface area contributed by atoms with Gasteiger partial charge in [-0.25, -0.2) is 0 Å². The predicted molar refractivity (Wildman–Crippen MR) is 259 cm³/mol. The number of esters is 2. The molecule has 0 amide bonds. The van der Waals surface area contributed by atoms with Gasteiger partial charge in [0.2, 0.25) is 0 Å². The summed E-state index contributed by atoms with van der Waals surface area (Å²) in [5.74, 6) is 0.608. The molecule has 0 aliphatic carbocycles. The van der Waals surface area contributed by atoms with Crippen LogP contribution in [0.2, 0.25) is 0 Å². The minimum atomic E-state index is -4.22. The molecule has 0 unspecified atom stereocenters. The molecule has 0 atom stereocenters. The van der Waals surface area contributed by atoms with E-state index in [0.29, 0.717) is 60.2 Å². The second-order valence-electron chi connectivity index (χ2n) is 16.9. The predicted octanol–water partition coefficient (Wildman–Crippen LogP) is 13.6. The number of ether oxygens (including phenoxy) is 6. The third kappa shape index (κ3) is 20.2. The van der Waals surface area contributed by atoms with E-state index in [4.69, 9.17) is 28.4 Å². The van der Waals surface area contributed by atoms with E-state index in [0.717, 1.165) is 22.3 Å². The third-order valence-electron chi connectivity index (χ3n) is 10.9. The van der Waals surface area contributed by atoms with Gasteiger partial charge in [0.1, 0.15) is 23.0 Å². The zero-order valence-corrected chi connectivity index (χ0v) is 38.8. The zero-order valence-electron chi connectivity index (χ0n) is 38.8. The molecule has 0 N–H and O–H groups in total. The van der Waals surface area contributed by atoms with Gasteiger partial charge in [-0.15, -0.1) is 0 Å². The van der Waals surface area contributed by atoms with E-state index in [1.165, 1.54) is 0 Å². The Kier molecular flexibility index (Phi) is 19.7. The van der Waals surface area contributed by atoms with Crippen molar-refractivity contribution >= 4 is 24.1 Å². The first-order valence-electron chi connectivity index (χ1n) is 23.0. The molecule has 0 saturated heterocycles. The van der Waals surface area contributed by atoms with Gasteiger partial charge in [0.25, 0.3) is 0 Å². The van der Waals surface area contributed by atoms with Crippen molar-refractivity contribution in [2.45, 2.75) is 63.7 Å². The van der Waals surface area contributed by atoms with Crippen LogP contribution in [0.25, 0.3) is 12.2 Å². The number of benzene rings is 6. The highest BCUT2D eigenvalue weighted by Crippen LogP contribution is 2.31. The largest absolute Gasteiger partial charge is 0.500 e. The summed E-state index contributed by atoms with van der Waals surface area (Å²) in [4.78, 5) is 25.4. The highest BCUT2D eigenvalue weighted by atomic mass is 19.4. The highest BCUT2D eigenvalue weighted by Gasteiger charge is 2.33. The van der Waals surface area contributed by atoms with Crippen molar-refractivity contribution in [1.82, 2.24) is 0 Å². The summed E-state index contributed by atoms with van der Waals surface area (Å²) in [5, 5.41) is 0. The van der Waals surface area contributed by atoms with Crippen LogP contribution in [-0.2, 0) is 44.7 Å². The summed E-state index contributed by atoms with van der Waals surface area (Å²) in [7, 11) is 0. The Morgan fingerprint density at radius 2 is 0.775 bits per heavy atom. The average molecular weight is 981 g/mol. The van der Waals surface area contributed by atoms with E-state index >= 15 is 0 Å². The van der Waals surface area contributed by atoms with Crippen molar-refractivity contribution in [1.29, 1.82) is 0 Å². The number of alkyl halides is 6. The SMILES string of the molecule is O=C(Cc1ccc(OCCCC(F)(F)F)cc1)Oc1ccc(C=COCC(COC=Cc2ccc(OC(=O)Cc3ccc(OCCCC(F)(F)F)cc3)cc2)(Cc2ccccc2)Cc2ccccc2)cc1. The molecule has 6 aromatic carbocycles. The molecule has 0 aliphatic heterocycles. The fourth-order valence-corrected chi connectivity index (χ4v) is 7.36. The molecule has 6 aromatic rings. The molecule has 372 valence electrons. The molecule has 0 spiro atoms. The smallest absolute Gasteiger partial charge is 0.389 e. The maximum absolute atomic E-state index is 12.7. The zero-order chi connectivity index (χ0) is 50.4. The van der Waals surface area contributed by atoms with Crippen LogP contribution >= 0.6 is 0 Å². The van der Waals surface area contributed by atoms with Crippen molar-refractivity contribution in [2.75, 3.05) is 26.4 Å². The minimum Gasteiger partial charge on any atom is -0.500 e. The first kappa shape index (κ1) is 52.9. The number of carbonyl (C=O) groups is 2.